The Morgan fingerprint density at radius 3 is 2.40 bits per heavy atom. The fourth-order valence-electron chi connectivity index (χ4n) is 4.18. The third-order valence-corrected chi connectivity index (χ3v) is 5.87. The first-order valence-electron chi connectivity index (χ1n) is 9.12. The van der Waals surface area contributed by atoms with E-state index in [9.17, 15) is 20.4 Å². The quantitative estimate of drug-likeness (QED) is 0.707. The molecule has 1 aliphatic rings. The molecule has 4 heteroatoms. The van der Waals surface area contributed by atoms with E-state index in [1.165, 1.54) is 5.56 Å². The molecule has 0 spiro atoms. The molecule has 2 atom stereocenters. The van der Waals surface area contributed by atoms with Crippen LogP contribution in [0.25, 0.3) is 0 Å². The minimum absolute atomic E-state index is 0.368. The van der Waals surface area contributed by atoms with Gasteiger partial charge in [0.15, 0.2) is 5.41 Å². The van der Waals surface area contributed by atoms with E-state index in [1.54, 1.807) is 0 Å². The molecule has 4 nitrogen and oxygen atoms in total. The summed E-state index contributed by atoms with van der Waals surface area (Å²) in [6.45, 7) is 2.18. The maximum absolute atomic E-state index is 12.1. The van der Waals surface area contributed by atoms with Gasteiger partial charge >= 0.3 is 5.97 Å². The molecule has 1 aliphatic carbocycles. The van der Waals surface area contributed by atoms with Crippen LogP contribution >= 0.6 is 0 Å². The number of rotatable bonds is 7. The van der Waals surface area contributed by atoms with Crippen LogP contribution in [0.2, 0.25) is 0 Å². The predicted molar refractivity (Wildman–Crippen MR) is 95.5 cm³/mol. The molecule has 0 saturated heterocycles. The molecule has 0 heterocycles. The number of aliphatic carboxylic acids is 1. The first kappa shape index (κ1) is 19.0. The van der Waals surface area contributed by atoms with Crippen molar-refractivity contribution in [3.8, 4) is 12.1 Å². The number of carboxylic acids is 1. The number of unbranched alkanes of at least 4 members (excludes halogenated alkanes) is 1. The Balaban J connectivity index is 2.02. The Morgan fingerprint density at radius 2 is 1.80 bits per heavy atom. The highest BCUT2D eigenvalue weighted by Gasteiger charge is 2.58. The maximum atomic E-state index is 12.1. The SMILES string of the molecule is CC(CCCCC1(C(=O)O)CCCCC1(C#N)C#N)c1ccccc1. The molecule has 0 bridgehead atoms. The van der Waals surface area contributed by atoms with Crippen molar-refractivity contribution in [1.82, 2.24) is 0 Å². The number of hydrogen-bond donors (Lipinski definition) is 1. The molecule has 1 saturated carbocycles. The fourth-order valence-corrected chi connectivity index (χ4v) is 4.18. The van der Waals surface area contributed by atoms with Gasteiger partial charge in [0.05, 0.1) is 17.6 Å². The highest BCUT2D eigenvalue weighted by atomic mass is 16.4. The number of nitriles is 2. The Kier molecular flexibility index (Phi) is 6.21. The van der Waals surface area contributed by atoms with Crippen molar-refractivity contribution in [2.45, 2.75) is 64.2 Å². The topological polar surface area (TPSA) is 84.9 Å². The third kappa shape index (κ3) is 3.69. The van der Waals surface area contributed by atoms with E-state index < -0.39 is 16.8 Å². The van der Waals surface area contributed by atoms with Crippen LogP contribution in [0.15, 0.2) is 30.3 Å². The normalized spacial score (nSPS) is 23.2. The zero-order valence-electron chi connectivity index (χ0n) is 14.9. The lowest BCUT2D eigenvalue weighted by Gasteiger charge is -2.42. The summed E-state index contributed by atoms with van der Waals surface area (Å²) in [6.07, 6.45) is 5.34. The average molecular weight is 338 g/mol. The van der Waals surface area contributed by atoms with Gasteiger partial charge in [-0.2, -0.15) is 10.5 Å². The van der Waals surface area contributed by atoms with Crippen LogP contribution in [-0.4, -0.2) is 11.1 Å². The van der Waals surface area contributed by atoms with Crippen molar-refractivity contribution in [2.24, 2.45) is 10.8 Å². The summed E-state index contributed by atoms with van der Waals surface area (Å²) in [4.78, 5) is 12.1. The fraction of sp³-hybridized carbons (Fsp3) is 0.571. The van der Waals surface area contributed by atoms with E-state index in [-0.39, 0.29) is 0 Å². The summed E-state index contributed by atoms with van der Waals surface area (Å²) in [5, 5.41) is 29.0. The second kappa shape index (κ2) is 8.17. The number of hydrogen-bond acceptors (Lipinski definition) is 3. The van der Waals surface area contributed by atoms with E-state index >= 15 is 0 Å². The minimum atomic E-state index is -1.39. The number of carboxylic acid groups (broad SMARTS) is 1. The van der Waals surface area contributed by atoms with Crippen LogP contribution in [-0.2, 0) is 4.79 Å². The van der Waals surface area contributed by atoms with E-state index in [0.717, 1.165) is 32.1 Å². The van der Waals surface area contributed by atoms with Crippen molar-refractivity contribution in [3.63, 3.8) is 0 Å². The third-order valence-electron chi connectivity index (χ3n) is 5.87. The van der Waals surface area contributed by atoms with Crippen LogP contribution in [0.4, 0.5) is 0 Å². The summed E-state index contributed by atoms with van der Waals surface area (Å²) in [5.41, 5.74) is -1.32. The Hall–Kier alpha value is -2.33. The Bertz CT molecular complexity index is 657. The summed E-state index contributed by atoms with van der Waals surface area (Å²) in [5.74, 6) is -0.559. The van der Waals surface area contributed by atoms with Crippen LogP contribution < -0.4 is 0 Å². The predicted octanol–water partition coefficient (Wildman–Crippen LogP) is 5.03. The summed E-state index contributed by atoms with van der Waals surface area (Å²) < 4.78 is 0. The van der Waals surface area contributed by atoms with Crippen molar-refractivity contribution >= 4 is 5.97 Å². The van der Waals surface area contributed by atoms with Crippen molar-refractivity contribution in [3.05, 3.63) is 35.9 Å². The standard InChI is InChI=1S/C21H26N2O2/c1-17(18-10-3-2-4-11-18)9-5-6-13-21(19(24)25)14-8-7-12-20(21,15-22)16-23/h2-4,10-11,17H,5-9,12-14H2,1H3,(H,24,25). The number of benzene rings is 1. The van der Waals surface area contributed by atoms with Crippen LogP contribution in [0.1, 0.15) is 69.8 Å². The largest absolute Gasteiger partial charge is 0.481 e. The van der Waals surface area contributed by atoms with Gasteiger partial charge < -0.3 is 5.11 Å². The summed E-state index contributed by atoms with van der Waals surface area (Å²) >= 11 is 0. The second-order valence-corrected chi connectivity index (χ2v) is 7.28. The molecule has 2 unspecified atom stereocenters. The molecule has 0 amide bonds. The van der Waals surface area contributed by atoms with Gasteiger partial charge in [0.2, 0.25) is 0 Å². The molecule has 0 radical (unpaired) electrons. The number of nitrogens with zero attached hydrogens (tertiary/aromatic N) is 2. The van der Waals surface area contributed by atoms with Gasteiger partial charge in [0.1, 0.15) is 0 Å². The van der Waals surface area contributed by atoms with Crippen molar-refractivity contribution in [1.29, 1.82) is 10.5 Å². The zero-order valence-corrected chi connectivity index (χ0v) is 14.9. The first-order valence-corrected chi connectivity index (χ1v) is 9.12. The van der Waals surface area contributed by atoms with Crippen molar-refractivity contribution in [2.75, 3.05) is 0 Å². The molecular formula is C21H26N2O2. The van der Waals surface area contributed by atoms with Crippen LogP contribution in [0.5, 0.6) is 0 Å². The maximum Gasteiger partial charge on any atom is 0.312 e. The van der Waals surface area contributed by atoms with Crippen molar-refractivity contribution < 1.29 is 9.90 Å². The van der Waals surface area contributed by atoms with Gasteiger partial charge in [-0.25, -0.2) is 0 Å². The molecular weight excluding hydrogens is 312 g/mol. The van der Waals surface area contributed by atoms with E-state index in [1.807, 2.05) is 18.2 Å². The molecule has 1 fully saturated rings. The summed E-state index contributed by atoms with van der Waals surface area (Å²) in [7, 11) is 0. The molecule has 0 aromatic heterocycles. The van der Waals surface area contributed by atoms with Crippen LogP contribution in [0.3, 0.4) is 0 Å². The second-order valence-electron chi connectivity index (χ2n) is 7.28. The monoisotopic (exact) mass is 338 g/mol. The molecule has 25 heavy (non-hydrogen) atoms. The molecule has 1 aromatic rings. The van der Waals surface area contributed by atoms with Gasteiger partial charge in [-0.1, -0.05) is 62.9 Å². The highest BCUT2D eigenvalue weighted by Crippen LogP contribution is 2.53. The lowest BCUT2D eigenvalue weighted by molar-refractivity contribution is -0.157. The Morgan fingerprint density at radius 1 is 1.16 bits per heavy atom. The van der Waals surface area contributed by atoms with Gasteiger partial charge in [-0.15, -0.1) is 0 Å². The number of carbonyl (C=O) groups is 1. The van der Waals surface area contributed by atoms with E-state index in [4.69, 9.17) is 0 Å². The van der Waals surface area contributed by atoms with Crippen LogP contribution in [0, 0.1) is 33.5 Å². The lowest BCUT2D eigenvalue weighted by atomic mass is 9.55. The average Bonchev–Trinajstić information content (AvgIpc) is 2.65. The first-order chi connectivity index (χ1) is 12.0. The van der Waals surface area contributed by atoms with Gasteiger partial charge in [-0.05, 0) is 37.2 Å². The van der Waals surface area contributed by atoms with Gasteiger partial charge in [-0.3, -0.25) is 4.79 Å². The lowest BCUT2D eigenvalue weighted by Crippen LogP contribution is -2.48. The van der Waals surface area contributed by atoms with Gasteiger partial charge in [0, 0.05) is 0 Å². The zero-order chi connectivity index (χ0) is 18.3. The minimum Gasteiger partial charge on any atom is -0.481 e. The molecule has 0 aliphatic heterocycles. The van der Waals surface area contributed by atoms with E-state index in [0.29, 0.717) is 25.2 Å². The van der Waals surface area contributed by atoms with Gasteiger partial charge in [0.25, 0.3) is 0 Å². The highest BCUT2D eigenvalue weighted by molar-refractivity contribution is 5.77. The van der Waals surface area contributed by atoms with E-state index in [2.05, 4.69) is 31.2 Å². The Labute approximate surface area is 150 Å². The molecule has 1 N–H and O–H groups in total. The molecule has 1 aromatic carbocycles. The molecule has 132 valence electrons. The molecule has 2 rings (SSSR count). The summed E-state index contributed by atoms with van der Waals surface area (Å²) in [6, 6.07) is 14.4. The smallest absolute Gasteiger partial charge is 0.312 e.